The van der Waals surface area contributed by atoms with Crippen LogP contribution in [0.1, 0.15) is 27.6 Å². The predicted molar refractivity (Wildman–Crippen MR) is 58.1 cm³/mol. The Morgan fingerprint density at radius 1 is 1.00 bits per heavy atom. The van der Waals surface area contributed by atoms with Crippen LogP contribution in [-0.4, -0.2) is 35.2 Å². The van der Waals surface area contributed by atoms with E-state index in [1.54, 1.807) is 0 Å². The molecule has 0 heterocycles. The third-order valence-corrected chi connectivity index (χ3v) is 1.68. The highest BCUT2D eigenvalue weighted by molar-refractivity contribution is 6.01. The van der Waals surface area contributed by atoms with Gasteiger partial charge in [0.1, 0.15) is 0 Å². The van der Waals surface area contributed by atoms with Crippen LogP contribution in [0.4, 0.5) is 0 Å². The zero-order valence-electron chi connectivity index (χ0n) is 9.34. The standard InChI is InChI=1S/C8H6O4.C3H6O2/c9-7(10)5-3-1-2-4-6(5)8(11)12;1-3(4)5-2/h1-4H,(H,9,10)(H,11,12);1-2H3. The van der Waals surface area contributed by atoms with Crippen LogP contribution in [0.15, 0.2) is 24.3 Å². The molecule has 0 aliphatic carbocycles. The van der Waals surface area contributed by atoms with Gasteiger partial charge in [0.2, 0.25) is 0 Å². The molecule has 92 valence electrons. The quantitative estimate of drug-likeness (QED) is 0.754. The number of esters is 1. The van der Waals surface area contributed by atoms with Crippen molar-refractivity contribution in [3.63, 3.8) is 0 Å². The number of ether oxygens (including phenoxy) is 1. The summed E-state index contributed by atoms with van der Waals surface area (Å²) in [4.78, 5) is 30.5. The molecular formula is C11H12O6. The third kappa shape index (κ3) is 5.31. The zero-order valence-corrected chi connectivity index (χ0v) is 9.34. The van der Waals surface area contributed by atoms with Gasteiger partial charge in [0.05, 0.1) is 18.2 Å². The Bertz CT molecular complexity index is 391. The van der Waals surface area contributed by atoms with Crippen LogP contribution in [0.5, 0.6) is 0 Å². The SMILES string of the molecule is COC(C)=O.O=C(O)c1ccccc1C(=O)O. The molecule has 0 atom stereocenters. The summed E-state index contributed by atoms with van der Waals surface area (Å²) in [5, 5.41) is 17.1. The van der Waals surface area contributed by atoms with Crippen LogP contribution in [0.25, 0.3) is 0 Å². The lowest BCUT2D eigenvalue weighted by Crippen LogP contribution is -2.06. The molecule has 0 radical (unpaired) electrons. The number of carbonyl (C=O) groups is 3. The van der Waals surface area contributed by atoms with Crippen LogP contribution in [0.2, 0.25) is 0 Å². The molecule has 0 unspecified atom stereocenters. The van der Waals surface area contributed by atoms with Gasteiger partial charge in [0.15, 0.2) is 0 Å². The maximum absolute atomic E-state index is 10.5. The first-order chi connectivity index (χ1) is 7.90. The van der Waals surface area contributed by atoms with Crippen LogP contribution in [0, 0.1) is 0 Å². The number of benzene rings is 1. The van der Waals surface area contributed by atoms with Crippen molar-refractivity contribution >= 4 is 17.9 Å². The van der Waals surface area contributed by atoms with Crippen molar-refractivity contribution < 1.29 is 29.3 Å². The van der Waals surface area contributed by atoms with Crippen molar-refractivity contribution in [2.24, 2.45) is 0 Å². The topological polar surface area (TPSA) is 101 Å². The monoisotopic (exact) mass is 240 g/mol. The summed E-state index contributed by atoms with van der Waals surface area (Å²) < 4.78 is 4.11. The summed E-state index contributed by atoms with van der Waals surface area (Å²) in [5.41, 5.74) is -0.380. The Hall–Kier alpha value is -2.37. The summed E-state index contributed by atoms with van der Waals surface area (Å²) in [5.74, 6) is -2.70. The molecule has 0 aliphatic rings. The fraction of sp³-hybridized carbons (Fsp3) is 0.182. The van der Waals surface area contributed by atoms with E-state index in [4.69, 9.17) is 10.2 Å². The predicted octanol–water partition coefficient (Wildman–Crippen LogP) is 1.26. The molecule has 0 amide bonds. The smallest absolute Gasteiger partial charge is 0.336 e. The molecule has 1 aromatic carbocycles. The van der Waals surface area contributed by atoms with Crippen LogP contribution in [0.3, 0.4) is 0 Å². The Balaban J connectivity index is 0.000000437. The molecule has 2 N–H and O–H groups in total. The fourth-order valence-corrected chi connectivity index (χ4v) is 0.856. The van der Waals surface area contributed by atoms with Gasteiger partial charge < -0.3 is 14.9 Å². The van der Waals surface area contributed by atoms with Crippen molar-refractivity contribution in [3.05, 3.63) is 35.4 Å². The number of carboxylic acid groups (broad SMARTS) is 2. The Morgan fingerprint density at radius 2 is 1.29 bits per heavy atom. The lowest BCUT2D eigenvalue weighted by molar-refractivity contribution is -0.137. The zero-order chi connectivity index (χ0) is 13.4. The average Bonchev–Trinajstić information content (AvgIpc) is 2.29. The molecule has 6 heteroatoms. The van der Waals surface area contributed by atoms with E-state index in [2.05, 4.69) is 4.74 Å². The summed E-state index contributed by atoms with van der Waals surface area (Å²) >= 11 is 0. The van der Waals surface area contributed by atoms with Crippen LogP contribution < -0.4 is 0 Å². The molecule has 0 bridgehead atoms. The number of methoxy groups -OCH3 is 1. The van der Waals surface area contributed by atoms with E-state index in [-0.39, 0.29) is 17.1 Å². The normalized spacial score (nSPS) is 8.59. The molecule has 17 heavy (non-hydrogen) atoms. The molecule has 0 spiro atoms. The lowest BCUT2D eigenvalue weighted by atomic mass is 10.1. The highest BCUT2D eigenvalue weighted by Crippen LogP contribution is 2.07. The highest BCUT2D eigenvalue weighted by atomic mass is 16.5. The maximum Gasteiger partial charge on any atom is 0.336 e. The Labute approximate surface area is 97.4 Å². The number of carbonyl (C=O) groups excluding carboxylic acids is 1. The van der Waals surface area contributed by atoms with Gasteiger partial charge in [-0.05, 0) is 12.1 Å². The number of rotatable bonds is 2. The van der Waals surface area contributed by atoms with Gasteiger partial charge in [-0.2, -0.15) is 0 Å². The van der Waals surface area contributed by atoms with E-state index in [9.17, 15) is 14.4 Å². The van der Waals surface area contributed by atoms with Crippen molar-refractivity contribution in [3.8, 4) is 0 Å². The molecule has 0 saturated heterocycles. The van der Waals surface area contributed by atoms with Gasteiger partial charge in [-0.3, -0.25) is 4.79 Å². The number of hydrogen-bond acceptors (Lipinski definition) is 4. The first-order valence-electron chi connectivity index (χ1n) is 4.50. The van der Waals surface area contributed by atoms with E-state index in [0.29, 0.717) is 0 Å². The molecule has 0 saturated carbocycles. The first kappa shape index (κ1) is 14.6. The second-order valence-electron chi connectivity index (χ2n) is 2.85. The fourth-order valence-electron chi connectivity index (χ4n) is 0.856. The minimum absolute atomic E-state index is 0.190. The van der Waals surface area contributed by atoms with Crippen LogP contribution >= 0.6 is 0 Å². The van der Waals surface area contributed by atoms with Gasteiger partial charge in [-0.1, -0.05) is 12.1 Å². The lowest BCUT2D eigenvalue weighted by Gasteiger charge is -1.98. The number of aromatic carboxylic acids is 2. The number of carboxylic acids is 2. The second-order valence-corrected chi connectivity index (χ2v) is 2.85. The molecule has 1 aromatic rings. The van der Waals surface area contributed by atoms with E-state index >= 15 is 0 Å². The van der Waals surface area contributed by atoms with Gasteiger partial charge in [-0.25, -0.2) is 9.59 Å². The largest absolute Gasteiger partial charge is 0.478 e. The maximum atomic E-state index is 10.5. The summed E-state index contributed by atoms with van der Waals surface area (Å²) in [7, 11) is 1.35. The van der Waals surface area contributed by atoms with Crippen molar-refractivity contribution in [1.29, 1.82) is 0 Å². The molecule has 0 aliphatic heterocycles. The molecule has 0 fully saturated rings. The Morgan fingerprint density at radius 3 is 1.47 bits per heavy atom. The highest BCUT2D eigenvalue weighted by Gasteiger charge is 2.13. The third-order valence-electron chi connectivity index (χ3n) is 1.68. The van der Waals surface area contributed by atoms with E-state index in [0.717, 1.165) is 0 Å². The van der Waals surface area contributed by atoms with Crippen molar-refractivity contribution in [1.82, 2.24) is 0 Å². The first-order valence-corrected chi connectivity index (χ1v) is 4.50. The second kappa shape index (κ2) is 7.00. The minimum atomic E-state index is -1.23. The molecule has 6 nitrogen and oxygen atoms in total. The molecule has 0 aromatic heterocycles. The Kier molecular flexibility index (Phi) is 6.02. The van der Waals surface area contributed by atoms with Crippen molar-refractivity contribution in [2.45, 2.75) is 6.92 Å². The molecular weight excluding hydrogens is 228 g/mol. The van der Waals surface area contributed by atoms with E-state index in [1.165, 1.54) is 38.3 Å². The van der Waals surface area contributed by atoms with Crippen LogP contribution in [-0.2, 0) is 9.53 Å². The van der Waals surface area contributed by atoms with Gasteiger partial charge in [-0.15, -0.1) is 0 Å². The average molecular weight is 240 g/mol. The summed E-state index contributed by atoms with van der Waals surface area (Å²) in [6.07, 6.45) is 0. The van der Waals surface area contributed by atoms with E-state index < -0.39 is 11.9 Å². The summed E-state index contributed by atoms with van der Waals surface area (Å²) in [6.45, 7) is 1.36. The minimum Gasteiger partial charge on any atom is -0.478 e. The summed E-state index contributed by atoms with van der Waals surface area (Å²) in [6, 6.07) is 5.48. The van der Waals surface area contributed by atoms with Crippen molar-refractivity contribution in [2.75, 3.05) is 7.11 Å². The van der Waals surface area contributed by atoms with Gasteiger partial charge >= 0.3 is 17.9 Å². The molecule has 1 rings (SSSR count). The van der Waals surface area contributed by atoms with Gasteiger partial charge in [0.25, 0.3) is 0 Å². The van der Waals surface area contributed by atoms with Gasteiger partial charge in [0, 0.05) is 6.92 Å². The van der Waals surface area contributed by atoms with E-state index in [1.807, 2.05) is 0 Å². The number of hydrogen-bond donors (Lipinski definition) is 2.